The van der Waals surface area contributed by atoms with Crippen LogP contribution in [0.2, 0.25) is 5.02 Å². The van der Waals surface area contributed by atoms with Crippen LogP contribution in [0.3, 0.4) is 0 Å². The minimum atomic E-state index is 0.127. The van der Waals surface area contributed by atoms with Crippen molar-refractivity contribution in [3.63, 3.8) is 0 Å². The normalized spacial score (nSPS) is 12.2. The fourth-order valence-electron chi connectivity index (χ4n) is 2.20. The fraction of sp³-hybridized carbons (Fsp3) is 0.250. The van der Waals surface area contributed by atoms with E-state index in [1.54, 1.807) is 7.11 Å². The fourth-order valence-corrected chi connectivity index (χ4v) is 2.42. The highest BCUT2D eigenvalue weighted by Gasteiger charge is 2.11. The zero-order chi connectivity index (χ0) is 14.4. The van der Waals surface area contributed by atoms with E-state index in [-0.39, 0.29) is 6.04 Å². The van der Waals surface area contributed by atoms with E-state index in [1.165, 1.54) is 5.56 Å². The molecule has 0 amide bonds. The van der Waals surface area contributed by atoms with Crippen molar-refractivity contribution < 1.29 is 4.74 Å². The Hall–Kier alpha value is -1.55. The maximum absolute atomic E-state index is 6.19. The monoisotopic (exact) mass is 290 g/mol. The number of hydrogen-bond acceptors (Lipinski definition) is 3. The summed E-state index contributed by atoms with van der Waals surface area (Å²) in [6.07, 6.45) is 1.60. The van der Waals surface area contributed by atoms with Crippen LogP contribution < -0.4 is 16.0 Å². The molecular formula is C16H19ClN2O. The maximum atomic E-state index is 6.19. The molecule has 0 aliphatic heterocycles. The van der Waals surface area contributed by atoms with E-state index >= 15 is 0 Å². The molecule has 1 unspecified atom stereocenters. The lowest BCUT2D eigenvalue weighted by Crippen LogP contribution is -2.38. The molecule has 3 nitrogen and oxygen atoms in total. The van der Waals surface area contributed by atoms with E-state index in [0.29, 0.717) is 0 Å². The summed E-state index contributed by atoms with van der Waals surface area (Å²) in [7, 11) is 1.67. The Kier molecular flexibility index (Phi) is 5.41. The standard InChI is InChI=1S/C16H19ClN2O/c1-20-15-7-4-5-12(10-15)9-14(19-18)11-13-6-2-3-8-16(13)17/h2-8,10,14,19H,9,11,18H2,1H3. The average Bonchev–Trinajstić information content (AvgIpc) is 2.49. The quantitative estimate of drug-likeness (QED) is 0.635. The number of methoxy groups -OCH3 is 1. The molecule has 0 aliphatic rings. The van der Waals surface area contributed by atoms with E-state index in [2.05, 4.69) is 11.5 Å². The van der Waals surface area contributed by atoms with Crippen LogP contribution in [-0.4, -0.2) is 13.2 Å². The summed E-state index contributed by atoms with van der Waals surface area (Å²) < 4.78 is 5.23. The Bertz CT molecular complexity index is 560. The lowest BCUT2D eigenvalue weighted by molar-refractivity contribution is 0.413. The number of ether oxygens (including phenoxy) is 1. The van der Waals surface area contributed by atoms with Gasteiger partial charge in [0.1, 0.15) is 5.75 Å². The predicted octanol–water partition coefficient (Wildman–Crippen LogP) is 2.97. The maximum Gasteiger partial charge on any atom is 0.119 e. The van der Waals surface area contributed by atoms with E-state index in [0.717, 1.165) is 29.2 Å². The minimum absolute atomic E-state index is 0.127. The molecule has 0 aliphatic carbocycles. The summed E-state index contributed by atoms with van der Waals surface area (Å²) in [5, 5.41) is 0.776. The third-order valence-corrected chi connectivity index (χ3v) is 3.64. The molecule has 4 heteroatoms. The highest BCUT2D eigenvalue weighted by atomic mass is 35.5. The van der Waals surface area contributed by atoms with Crippen LogP contribution in [0.4, 0.5) is 0 Å². The van der Waals surface area contributed by atoms with Crippen molar-refractivity contribution in [2.75, 3.05) is 7.11 Å². The molecule has 0 bridgehead atoms. The molecular weight excluding hydrogens is 272 g/mol. The Morgan fingerprint density at radius 1 is 1.15 bits per heavy atom. The van der Waals surface area contributed by atoms with E-state index in [1.807, 2.05) is 42.5 Å². The SMILES string of the molecule is COc1cccc(CC(Cc2ccccc2Cl)NN)c1. The van der Waals surface area contributed by atoms with Gasteiger partial charge in [0.15, 0.2) is 0 Å². The highest BCUT2D eigenvalue weighted by molar-refractivity contribution is 6.31. The van der Waals surface area contributed by atoms with Gasteiger partial charge in [-0.3, -0.25) is 11.3 Å². The van der Waals surface area contributed by atoms with Crippen LogP contribution in [0.5, 0.6) is 5.75 Å². The molecule has 0 saturated heterocycles. The molecule has 2 aromatic rings. The van der Waals surface area contributed by atoms with Crippen LogP contribution in [0.15, 0.2) is 48.5 Å². The third-order valence-electron chi connectivity index (χ3n) is 3.28. The second-order valence-electron chi connectivity index (χ2n) is 4.71. The molecule has 3 N–H and O–H groups in total. The number of hydrogen-bond donors (Lipinski definition) is 2. The van der Waals surface area contributed by atoms with Gasteiger partial charge in [-0.05, 0) is 42.2 Å². The Morgan fingerprint density at radius 3 is 2.65 bits per heavy atom. The van der Waals surface area contributed by atoms with Gasteiger partial charge in [-0.1, -0.05) is 41.9 Å². The molecule has 2 rings (SSSR count). The number of hydrazine groups is 1. The molecule has 0 fully saturated rings. The second-order valence-corrected chi connectivity index (χ2v) is 5.12. The summed E-state index contributed by atoms with van der Waals surface area (Å²) >= 11 is 6.19. The van der Waals surface area contributed by atoms with Gasteiger partial charge in [0.05, 0.1) is 7.11 Å². The smallest absolute Gasteiger partial charge is 0.119 e. The van der Waals surface area contributed by atoms with Crippen molar-refractivity contribution in [1.29, 1.82) is 0 Å². The van der Waals surface area contributed by atoms with Crippen molar-refractivity contribution in [2.45, 2.75) is 18.9 Å². The van der Waals surface area contributed by atoms with Crippen molar-refractivity contribution >= 4 is 11.6 Å². The molecule has 0 spiro atoms. The zero-order valence-electron chi connectivity index (χ0n) is 11.5. The summed E-state index contributed by atoms with van der Waals surface area (Å²) in [5.74, 6) is 6.52. The van der Waals surface area contributed by atoms with Gasteiger partial charge < -0.3 is 4.74 Å². The number of rotatable bonds is 6. The van der Waals surface area contributed by atoms with Gasteiger partial charge in [-0.2, -0.15) is 0 Å². The van der Waals surface area contributed by atoms with Gasteiger partial charge in [-0.15, -0.1) is 0 Å². The first kappa shape index (κ1) is 14.9. The lowest BCUT2D eigenvalue weighted by atomic mass is 9.99. The van der Waals surface area contributed by atoms with Gasteiger partial charge >= 0.3 is 0 Å². The largest absolute Gasteiger partial charge is 0.497 e. The highest BCUT2D eigenvalue weighted by Crippen LogP contribution is 2.19. The topological polar surface area (TPSA) is 47.3 Å². The summed E-state index contributed by atoms with van der Waals surface area (Å²) in [6, 6.07) is 16.0. The van der Waals surface area contributed by atoms with Crippen LogP contribution in [0.1, 0.15) is 11.1 Å². The van der Waals surface area contributed by atoms with E-state index < -0.39 is 0 Å². The Balaban J connectivity index is 2.07. The van der Waals surface area contributed by atoms with Crippen LogP contribution in [0.25, 0.3) is 0 Å². The van der Waals surface area contributed by atoms with E-state index in [4.69, 9.17) is 22.2 Å². The van der Waals surface area contributed by atoms with Gasteiger partial charge in [-0.25, -0.2) is 0 Å². The first-order valence-electron chi connectivity index (χ1n) is 6.55. The minimum Gasteiger partial charge on any atom is -0.497 e. The average molecular weight is 291 g/mol. The summed E-state index contributed by atoms with van der Waals surface area (Å²) in [6.45, 7) is 0. The van der Waals surface area contributed by atoms with Gasteiger partial charge in [0.2, 0.25) is 0 Å². The second kappa shape index (κ2) is 7.29. The Morgan fingerprint density at radius 2 is 1.95 bits per heavy atom. The van der Waals surface area contributed by atoms with Gasteiger partial charge in [0.25, 0.3) is 0 Å². The lowest BCUT2D eigenvalue weighted by Gasteiger charge is -2.17. The van der Waals surface area contributed by atoms with Crippen LogP contribution in [0, 0.1) is 0 Å². The number of benzene rings is 2. The number of halogens is 1. The summed E-state index contributed by atoms with van der Waals surface area (Å²) in [5.41, 5.74) is 5.14. The van der Waals surface area contributed by atoms with E-state index in [9.17, 15) is 0 Å². The predicted molar refractivity (Wildman–Crippen MR) is 83.0 cm³/mol. The van der Waals surface area contributed by atoms with Gasteiger partial charge in [0, 0.05) is 11.1 Å². The molecule has 0 radical (unpaired) electrons. The molecule has 2 aromatic carbocycles. The van der Waals surface area contributed by atoms with Crippen molar-refractivity contribution in [1.82, 2.24) is 5.43 Å². The number of nitrogens with one attached hydrogen (secondary N) is 1. The first-order chi connectivity index (χ1) is 9.72. The van der Waals surface area contributed by atoms with Crippen molar-refractivity contribution in [2.24, 2.45) is 5.84 Å². The van der Waals surface area contributed by atoms with Crippen molar-refractivity contribution in [3.8, 4) is 5.75 Å². The Labute approximate surface area is 124 Å². The molecule has 0 aromatic heterocycles. The van der Waals surface area contributed by atoms with Crippen molar-refractivity contribution in [3.05, 3.63) is 64.7 Å². The number of nitrogens with two attached hydrogens (primary N) is 1. The zero-order valence-corrected chi connectivity index (χ0v) is 12.2. The third kappa shape index (κ3) is 3.97. The molecule has 1 atom stereocenters. The molecule has 0 saturated carbocycles. The molecule has 20 heavy (non-hydrogen) atoms. The molecule has 106 valence electrons. The molecule has 0 heterocycles. The summed E-state index contributed by atoms with van der Waals surface area (Å²) in [4.78, 5) is 0. The first-order valence-corrected chi connectivity index (χ1v) is 6.93. The van der Waals surface area contributed by atoms with Crippen LogP contribution in [-0.2, 0) is 12.8 Å². The van der Waals surface area contributed by atoms with Crippen LogP contribution >= 0.6 is 11.6 Å².